The summed E-state index contributed by atoms with van der Waals surface area (Å²) in [6.45, 7) is 6.49. The van der Waals surface area contributed by atoms with E-state index in [1.165, 1.54) is 25.0 Å². The maximum atomic E-state index is 11.6. The molecule has 0 fully saturated rings. The van der Waals surface area contributed by atoms with Crippen molar-refractivity contribution in [3.8, 4) is 0 Å². The van der Waals surface area contributed by atoms with Crippen LogP contribution in [-0.2, 0) is 12.8 Å². The number of aromatic carboxylic acids is 2. The summed E-state index contributed by atoms with van der Waals surface area (Å²) in [7, 11) is 0. The van der Waals surface area contributed by atoms with E-state index in [4.69, 9.17) is 0 Å². The van der Waals surface area contributed by atoms with E-state index in [0.29, 0.717) is 18.8 Å². The van der Waals surface area contributed by atoms with Gasteiger partial charge in [-0.25, -0.2) is 9.59 Å². The Hall–Kier alpha value is -1.84. The fraction of sp³-hybridized carbons (Fsp3) is 0.619. The van der Waals surface area contributed by atoms with Crippen molar-refractivity contribution < 1.29 is 19.8 Å². The van der Waals surface area contributed by atoms with Crippen molar-refractivity contribution in [3.05, 3.63) is 34.4 Å². The maximum absolute atomic E-state index is 11.6. The van der Waals surface area contributed by atoms with E-state index in [2.05, 4.69) is 20.8 Å². The molecular weight excluding hydrogens is 316 g/mol. The molecule has 0 atom stereocenters. The molecule has 4 nitrogen and oxygen atoms in total. The fourth-order valence-electron chi connectivity index (χ4n) is 3.23. The van der Waals surface area contributed by atoms with Gasteiger partial charge in [-0.2, -0.15) is 0 Å². The molecule has 1 rings (SSSR count). The highest BCUT2D eigenvalue weighted by Crippen LogP contribution is 2.25. The number of carbonyl (C=O) groups is 2. The van der Waals surface area contributed by atoms with Gasteiger partial charge >= 0.3 is 11.9 Å². The SMILES string of the molecule is CCCCc1c(C(=O)O)ccc(C(=O)O)c1CCCCCCC(C)C. The molecule has 0 aliphatic heterocycles. The van der Waals surface area contributed by atoms with E-state index in [1.807, 2.05) is 0 Å². The van der Waals surface area contributed by atoms with Crippen LogP contribution in [0.25, 0.3) is 0 Å². The first-order valence-electron chi connectivity index (χ1n) is 9.49. The van der Waals surface area contributed by atoms with E-state index in [1.54, 1.807) is 0 Å². The summed E-state index contributed by atoms with van der Waals surface area (Å²) < 4.78 is 0. The van der Waals surface area contributed by atoms with Crippen LogP contribution >= 0.6 is 0 Å². The van der Waals surface area contributed by atoms with Gasteiger partial charge in [0.2, 0.25) is 0 Å². The molecule has 0 bridgehead atoms. The Morgan fingerprint density at radius 3 is 1.76 bits per heavy atom. The highest BCUT2D eigenvalue weighted by atomic mass is 16.4. The predicted octanol–water partition coefficient (Wildman–Crippen LogP) is 5.57. The lowest BCUT2D eigenvalue weighted by Gasteiger charge is -2.16. The predicted molar refractivity (Wildman–Crippen MR) is 101 cm³/mol. The number of benzene rings is 1. The van der Waals surface area contributed by atoms with E-state index in [0.717, 1.165) is 43.2 Å². The van der Waals surface area contributed by atoms with Gasteiger partial charge in [0.15, 0.2) is 0 Å². The van der Waals surface area contributed by atoms with E-state index >= 15 is 0 Å². The molecule has 0 saturated carbocycles. The molecule has 0 unspecified atom stereocenters. The average molecular weight is 348 g/mol. The van der Waals surface area contributed by atoms with Crippen molar-refractivity contribution >= 4 is 11.9 Å². The van der Waals surface area contributed by atoms with Gasteiger partial charge in [0.1, 0.15) is 0 Å². The first-order valence-corrected chi connectivity index (χ1v) is 9.49. The number of hydrogen-bond donors (Lipinski definition) is 2. The standard InChI is InChI=1S/C21H32O4/c1-4-5-11-16-17(12-9-7-6-8-10-15(2)3)19(21(24)25)14-13-18(16)20(22)23/h13-15H,4-12H2,1-3H3,(H,22,23)(H,24,25). The Labute approximate surface area is 151 Å². The summed E-state index contributed by atoms with van der Waals surface area (Å²) in [5.41, 5.74) is 1.97. The zero-order chi connectivity index (χ0) is 18.8. The second kappa shape index (κ2) is 10.9. The van der Waals surface area contributed by atoms with Crippen molar-refractivity contribution in [2.45, 2.75) is 78.6 Å². The minimum absolute atomic E-state index is 0.258. The van der Waals surface area contributed by atoms with Crippen molar-refractivity contribution in [3.63, 3.8) is 0 Å². The minimum atomic E-state index is -0.971. The van der Waals surface area contributed by atoms with Crippen LogP contribution in [0.3, 0.4) is 0 Å². The summed E-state index contributed by atoms with van der Waals surface area (Å²) in [6.07, 6.45) is 8.60. The highest BCUT2D eigenvalue weighted by molar-refractivity contribution is 5.95. The Morgan fingerprint density at radius 2 is 1.32 bits per heavy atom. The molecule has 4 heteroatoms. The van der Waals surface area contributed by atoms with Crippen LogP contribution in [0.15, 0.2) is 12.1 Å². The molecule has 0 amide bonds. The lowest BCUT2D eigenvalue weighted by Crippen LogP contribution is -2.12. The van der Waals surface area contributed by atoms with Crippen LogP contribution in [-0.4, -0.2) is 22.2 Å². The van der Waals surface area contributed by atoms with Gasteiger partial charge in [0, 0.05) is 0 Å². The van der Waals surface area contributed by atoms with Crippen LogP contribution in [0.2, 0.25) is 0 Å². The Bertz CT molecular complexity index is 576. The molecule has 25 heavy (non-hydrogen) atoms. The normalized spacial score (nSPS) is 11.0. The number of carboxylic acid groups (broad SMARTS) is 2. The third-order valence-electron chi connectivity index (χ3n) is 4.63. The van der Waals surface area contributed by atoms with E-state index < -0.39 is 11.9 Å². The lowest BCUT2D eigenvalue weighted by molar-refractivity contribution is 0.0679. The first kappa shape index (κ1) is 21.2. The molecule has 0 aliphatic rings. The number of unbranched alkanes of at least 4 members (excludes halogenated alkanes) is 4. The van der Waals surface area contributed by atoms with Gasteiger partial charge in [0.05, 0.1) is 11.1 Å². The van der Waals surface area contributed by atoms with Gasteiger partial charge in [-0.1, -0.05) is 52.9 Å². The number of hydrogen-bond acceptors (Lipinski definition) is 2. The summed E-state index contributed by atoms with van der Waals surface area (Å²) in [6, 6.07) is 2.90. The Morgan fingerprint density at radius 1 is 0.840 bits per heavy atom. The van der Waals surface area contributed by atoms with E-state index in [-0.39, 0.29) is 11.1 Å². The smallest absolute Gasteiger partial charge is 0.335 e. The zero-order valence-electron chi connectivity index (χ0n) is 15.8. The molecular formula is C21H32O4. The third kappa shape index (κ3) is 6.89. The van der Waals surface area contributed by atoms with Crippen LogP contribution in [0.4, 0.5) is 0 Å². The van der Waals surface area contributed by atoms with E-state index in [9.17, 15) is 19.8 Å². The molecule has 2 N–H and O–H groups in total. The van der Waals surface area contributed by atoms with Gasteiger partial charge in [-0.3, -0.25) is 0 Å². The molecule has 140 valence electrons. The van der Waals surface area contributed by atoms with Crippen LogP contribution in [0, 0.1) is 5.92 Å². The maximum Gasteiger partial charge on any atom is 0.335 e. The second-order valence-electron chi connectivity index (χ2n) is 7.18. The van der Waals surface area contributed by atoms with Crippen LogP contribution in [0.5, 0.6) is 0 Å². The lowest BCUT2D eigenvalue weighted by atomic mass is 9.89. The molecule has 0 saturated heterocycles. The van der Waals surface area contributed by atoms with Crippen molar-refractivity contribution in [1.29, 1.82) is 0 Å². The largest absolute Gasteiger partial charge is 0.478 e. The van der Waals surface area contributed by atoms with Crippen molar-refractivity contribution in [1.82, 2.24) is 0 Å². The quantitative estimate of drug-likeness (QED) is 0.484. The van der Waals surface area contributed by atoms with Crippen LogP contribution in [0.1, 0.15) is 97.6 Å². The summed E-state index contributed by atoms with van der Waals surface area (Å²) in [4.78, 5) is 23.1. The number of carboxylic acids is 2. The number of rotatable bonds is 12. The Balaban J connectivity index is 2.93. The van der Waals surface area contributed by atoms with Crippen LogP contribution < -0.4 is 0 Å². The molecule has 0 aromatic heterocycles. The molecule has 0 aliphatic carbocycles. The topological polar surface area (TPSA) is 74.6 Å². The molecule has 0 spiro atoms. The summed E-state index contributed by atoms with van der Waals surface area (Å²) in [5, 5.41) is 19.0. The zero-order valence-corrected chi connectivity index (χ0v) is 15.8. The first-order chi connectivity index (χ1) is 11.9. The van der Waals surface area contributed by atoms with Gasteiger partial charge < -0.3 is 10.2 Å². The fourth-order valence-corrected chi connectivity index (χ4v) is 3.23. The molecule has 1 aromatic rings. The minimum Gasteiger partial charge on any atom is -0.478 e. The monoisotopic (exact) mass is 348 g/mol. The molecule has 0 radical (unpaired) electrons. The van der Waals surface area contributed by atoms with Crippen molar-refractivity contribution in [2.75, 3.05) is 0 Å². The van der Waals surface area contributed by atoms with Gasteiger partial charge in [-0.15, -0.1) is 0 Å². The summed E-state index contributed by atoms with van der Waals surface area (Å²) >= 11 is 0. The molecule has 0 heterocycles. The Kier molecular flexibility index (Phi) is 9.25. The molecule has 1 aromatic carbocycles. The summed E-state index contributed by atoms with van der Waals surface area (Å²) in [5.74, 6) is -1.22. The highest BCUT2D eigenvalue weighted by Gasteiger charge is 2.20. The second-order valence-corrected chi connectivity index (χ2v) is 7.18. The van der Waals surface area contributed by atoms with Gasteiger partial charge in [-0.05, 0) is 54.9 Å². The third-order valence-corrected chi connectivity index (χ3v) is 4.63. The van der Waals surface area contributed by atoms with Crippen molar-refractivity contribution in [2.24, 2.45) is 5.92 Å². The average Bonchev–Trinajstić information content (AvgIpc) is 2.55. The van der Waals surface area contributed by atoms with Gasteiger partial charge in [0.25, 0.3) is 0 Å².